The van der Waals surface area contributed by atoms with Gasteiger partial charge < -0.3 is 24.2 Å². The number of anilines is 1. The van der Waals surface area contributed by atoms with Gasteiger partial charge in [-0.1, -0.05) is 12.1 Å². The first-order valence-electron chi connectivity index (χ1n) is 11.8. The second-order valence-corrected chi connectivity index (χ2v) is 8.36. The molecule has 0 unspecified atom stereocenters. The molecule has 0 aliphatic carbocycles. The Morgan fingerprint density at radius 1 is 1.03 bits per heavy atom. The molecule has 34 heavy (non-hydrogen) atoms. The van der Waals surface area contributed by atoms with E-state index in [1.807, 2.05) is 19.1 Å². The Labute approximate surface area is 202 Å². The van der Waals surface area contributed by atoms with Crippen LogP contribution in [-0.4, -0.2) is 69.4 Å². The summed E-state index contributed by atoms with van der Waals surface area (Å²) in [4.78, 5) is 17.6. The Morgan fingerprint density at radius 2 is 1.65 bits per heavy atom. The molecule has 0 saturated carbocycles. The van der Waals surface area contributed by atoms with Crippen molar-refractivity contribution in [3.63, 3.8) is 0 Å². The molecule has 0 saturated heterocycles. The SMILES string of the molecule is CCN(CC)c1ccc(/C=C2/Oc3c(CN(CCOC)CCOC)c(O)cc(C)c3C2=O)cc1. The van der Waals surface area contributed by atoms with Gasteiger partial charge in [0.2, 0.25) is 5.78 Å². The monoisotopic (exact) mass is 468 g/mol. The predicted octanol–water partition coefficient (Wildman–Crippen LogP) is 4.26. The van der Waals surface area contributed by atoms with Crippen LogP contribution in [0.1, 0.15) is 40.9 Å². The summed E-state index contributed by atoms with van der Waals surface area (Å²) in [5.74, 6) is 0.657. The van der Waals surface area contributed by atoms with E-state index in [1.165, 1.54) is 0 Å². The van der Waals surface area contributed by atoms with E-state index < -0.39 is 0 Å². The van der Waals surface area contributed by atoms with Gasteiger partial charge in [0, 0.05) is 52.6 Å². The second kappa shape index (κ2) is 12.0. The van der Waals surface area contributed by atoms with E-state index in [9.17, 15) is 9.90 Å². The lowest BCUT2D eigenvalue weighted by Gasteiger charge is -2.23. The molecule has 0 amide bonds. The summed E-state index contributed by atoms with van der Waals surface area (Å²) in [7, 11) is 3.31. The number of carbonyl (C=O) groups excluding carboxylic acids is 1. The summed E-state index contributed by atoms with van der Waals surface area (Å²) in [6.07, 6.45) is 1.77. The molecule has 1 N–H and O–H groups in total. The van der Waals surface area contributed by atoms with Crippen LogP contribution >= 0.6 is 0 Å². The van der Waals surface area contributed by atoms with Crippen LogP contribution in [0.15, 0.2) is 36.1 Å². The number of aromatic hydroxyl groups is 1. The van der Waals surface area contributed by atoms with Gasteiger partial charge in [-0.25, -0.2) is 0 Å². The van der Waals surface area contributed by atoms with Gasteiger partial charge in [0.05, 0.1) is 24.3 Å². The average Bonchev–Trinajstić information content (AvgIpc) is 3.15. The van der Waals surface area contributed by atoms with Gasteiger partial charge in [-0.2, -0.15) is 0 Å². The molecule has 0 atom stereocenters. The number of ketones is 1. The molecule has 2 aromatic carbocycles. The lowest BCUT2D eigenvalue weighted by Crippen LogP contribution is -2.30. The fourth-order valence-electron chi connectivity index (χ4n) is 4.19. The van der Waals surface area contributed by atoms with E-state index in [-0.39, 0.29) is 17.3 Å². The van der Waals surface area contributed by atoms with Crippen LogP contribution in [0.2, 0.25) is 0 Å². The van der Waals surface area contributed by atoms with Crippen LogP contribution in [0.5, 0.6) is 11.5 Å². The van der Waals surface area contributed by atoms with Gasteiger partial charge in [-0.15, -0.1) is 0 Å². The average molecular weight is 469 g/mol. The molecule has 2 aromatic rings. The van der Waals surface area contributed by atoms with Crippen molar-refractivity contribution in [1.29, 1.82) is 0 Å². The summed E-state index contributed by atoms with van der Waals surface area (Å²) in [6, 6.07) is 9.73. The molecule has 0 radical (unpaired) electrons. The third kappa shape index (κ3) is 5.78. The highest BCUT2D eigenvalue weighted by molar-refractivity contribution is 6.15. The molecular weight excluding hydrogens is 432 g/mol. The first-order chi connectivity index (χ1) is 16.4. The standard InChI is InChI=1S/C27H36N2O5/c1-6-29(7-2)21-10-8-20(9-11-21)17-24-26(31)25-19(3)16-23(30)22(27(25)34-24)18-28(12-14-32-4)13-15-33-5/h8-11,16-17,30H,6-7,12-15,18H2,1-5H3/b24-17+. The zero-order valence-electron chi connectivity index (χ0n) is 20.9. The molecular formula is C27H36N2O5. The Balaban J connectivity index is 1.90. The van der Waals surface area contributed by atoms with E-state index in [0.29, 0.717) is 55.3 Å². The number of fused-ring (bicyclic) bond motifs is 1. The fraction of sp³-hybridized carbons (Fsp3) is 0.444. The van der Waals surface area contributed by atoms with Gasteiger partial charge in [0.15, 0.2) is 5.76 Å². The molecule has 0 bridgehead atoms. The highest BCUT2D eigenvalue weighted by atomic mass is 16.5. The van der Waals surface area contributed by atoms with Gasteiger partial charge in [-0.3, -0.25) is 9.69 Å². The maximum atomic E-state index is 13.2. The summed E-state index contributed by atoms with van der Waals surface area (Å²) in [6.45, 7) is 10.8. The van der Waals surface area contributed by atoms with Crippen molar-refractivity contribution in [1.82, 2.24) is 4.90 Å². The summed E-state index contributed by atoms with van der Waals surface area (Å²) < 4.78 is 16.6. The number of aryl methyl sites for hydroxylation is 1. The van der Waals surface area contributed by atoms with E-state index >= 15 is 0 Å². The van der Waals surface area contributed by atoms with Crippen molar-refractivity contribution in [2.24, 2.45) is 0 Å². The minimum atomic E-state index is -0.165. The first kappa shape index (κ1) is 25.7. The predicted molar refractivity (Wildman–Crippen MR) is 135 cm³/mol. The highest BCUT2D eigenvalue weighted by Crippen LogP contribution is 2.42. The summed E-state index contributed by atoms with van der Waals surface area (Å²) in [5, 5.41) is 10.7. The van der Waals surface area contributed by atoms with Crippen LogP contribution in [0, 0.1) is 6.92 Å². The maximum Gasteiger partial charge on any atom is 0.232 e. The third-order valence-electron chi connectivity index (χ3n) is 6.15. The van der Waals surface area contributed by atoms with E-state index in [0.717, 1.165) is 24.3 Å². The number of carbonyl (C=O) groups is 1. The smallest absolute Gasteiger partial charge is 0.232 e. The number of methoxy groups -OCH3 is 2. The Kier molecular flexibility index (Phi) is 9.10. The molecule has 7 heteroatoms. The molecule has 7 nitrogen and oxygen atoms in total. The Bertz CT molecular complexity index is 1000. The lowest BCUT2D eigenvalue weighted by molar-refractivity contribution is 0.101. The fourth-order valence-corrected chi connectivity index (χ4v) is 4.19. The maximum absolute atomic E-state index is 13.2. The number of rotatable bonds is 12. The van der Waals surface area contributed by atoms with Crippen molar-refractivity contribution in [3.05, 3.63) is 58.3 Å². The number of benzene rings is 2. The minimum Gasteiger partial charge on any atom is -0.507 e. The van der Waals surface area contributed by atoms with Crippen molar-refractivity contribution in [3.8, 4) is 11.5 Å². The van der Waals surface area contributed by atoms with Crippen LogP contribution in [0.3, 0.4) is 0 Å². The minimum absolute atomic E-state index is 0.119. The van der Waals surface area contributed by atoms with Gasteiger partial charge in [0.25, 0.3) is 0 Å². The number of Topliss-reactive ketones (excluding diaryl/α,β-unsaturated/α-hetero) is 1. The number of phenols is 1. The summed E-state index contributed by atoms with van der Waals surface area (Å²) >= 11 is 0. The van der Waals surface area contributed by atoms with Gasteiger partial charge >= 0.3 is 0 Å². The molecule has 0 spiro atoms. The molecule has 0 fully saturated rings. The molecule has 1 aliphatic heterocycles. The summed E-state index contributed by atoms with van der Waals surface area (Å²) in [5.41, 5.74) is 3.84. The van der Waals surface area contributed by atoms with Crippen LogP contribution in [-0.2, 0) is 16.0 Å². The second-order valence-electron chi connectivity index (χ2n) is 8.36. The number of hydrogen-bond donors (Lipinski definition) is 1. The number of ether oxygens (including phenoxy) is 3. The number of hydrogen-bond acceptors (Lipinski definition) is 7. The molecule has 1 aliphatic rings. The van der Waals surface area contributed by atoms with Crippen LogP contribution in [0.25, 0.3) is 6.08 Å². The van der Waals surface area contributed by atoms with Crippen molar-refractivity contribution in [2.45, 2.75) is 27.3 Å². The van der Waals surface area contributed by atoms with Gasteiger partial charge in [0.1, 0.15) is 11.5 Å². The van der Waals surface area contributed by atoms with E-state index in [2.05, 4.69) is 35.8 Å². The quantitative estimate of drug-likeness (QED) is 0.467. The zero-order valence-corrected chi connectivity index (χ0v) is 20.9. The number of phenolic OH excluding ortho intramolecular Hbond substituents is 1. The van der Waals surface area contributed by atoms with E-state index in [1.54, 1.807) is 26.4 Å². The molecule has 0 aromatic heterocycles. The van der Waals surface area contributed by atoms with Crippen LogP contribution < -0.4 is 9.64 Å². The topological polar surface area (TPSA) is 71.5 Å². The molecule has 3 rings (SSSR count). The van der Waals surface area contributed by atoms with Crippen LogP contribution in [0.4, 0.5) is 5.69 Å². The third-order valence-corrected chi connectivity index (χ3v) is 6.15. The van der Waals surface area contributed by atoms with E-state index in [4.69, 9.17) is 14.2 Å². The molecule has 1 heterocycles. The van der Waals surface area contributed by atoms with Crippen molar-refractivity contribution >= 4 is 17.5 Å². The zero-order chi connectivity index (χ0) is 24.7. The normalized spacial score (nSPS) is 14.1. The Morgan fingerprint density at radius 3 is 2.21 bits per heavy atom. The number of nitrogens with zero attached hydrogens (tertiary/aromatic N) is 2. The first-order valence-corrected chi connectivity index (χ1v) is 11.8. The largest absolute Gasteiger partial charge is 0.507 e. The number of allylic oxidation sites excluding steroid dienone is 1. The van der Waals surface area contributed by atoms with Gasteiger partial charge in [-0.05, 0) is 56.2 Å². The lowest BCUT2D eigenvalue weighted by atomic mass is 9.99. The van der Waals surface area contributed by atoms with Crippen molar-refractivity contribution in [2.75, 3.05) is 58.5 Å². The molecule has 184 valence electrons. The highest BCUT2D eigenvalue weighted by Gasteiger charge is 2.33. The Hall–Kier alpha value is -2.87. The van der Waals surface area contributed by atoms with Crippen molar-refractivity contribution < 1.29 is 24.1 Å².